The molecule has 37 heavy (non-hydrogen) atoms. The molecule has 1 aromatic carbocycles. The Morgan fingerprint density at radius 1 is 1.19 bits per heavy atom. The molecule has 0 spiro atoms. The summed E-state index contributed by atoms with van der Waals surface area (Å²) in [5.41, 5.74) is 3.93. The van der Waals surface area contributed by atoms with Crippen molar-refractivity contribution in [1.29, 1.82) is 0 Å². The van der Waals surface area contributed by atoms with Crippen LogP contribution in [0.2, 0.25) is 0 Å². The molecule has 2 N–H and O–H groups in total. The SMILES string of the molecule is COc1cc(C(=O)NC2CCN(C)CC2)ccc1[AsH]c1ncc2c(n1)-c1c(c(C(=O)O)nn1C)CCC2. The van der Waals surface area contributed by atoms with Crippen molar-refractivity contribution in [1.82, 2.24) is 30.0 Å². The molecule has 1 aliphatic heterocycles. The summed E-state index contributed by atoms with van der Waals surface area (Å²) in [6, 6.07) is 5.77. The molecule has 0 saturated carbocycles. The summed E-state index contributed by atoms with van der Waals surface area (Å²) in [6.45, 7) is 1.97. The van der Waals surface area contributed by atoms with Crippen molar-refractivity contribution in [2.24, 2.45) is 7.05 Å². The number of fused-ring (bicyclic) bond motifs is 3. The molecule has 0 bridgehead atoms. The quantitative estimate of drug-likeness (QED) is 0.409. The van der Waals surface area contributed by atoms with E-state index in [1.807, 2.05) is 18.3 Å². The van der Waals surface area contributed by atoms with Gasteiger partial charge in [0.25, 0.3) is 0 Å². The van der Waals surface area contributed by atoms with Crippen molar-refractivity contribution in [3.8, 4) is 17.1 Å². The number of rotatable bonds is 6. The first-order chi connectivity index (χ1) is 17.8. The Hall–Kier alpha value is -3.23. The second kappa shape index (κ2) is 10.6. The Bertz CT molecular complexity index is 1350. The van der Waals surface area contributed by atoms with E-state index < -0.39 is 21.7 Å². The van der Waals surface area contributed by atoms with E-state index in [1.165, 1.54) is 0 Å². The van der Waals surface area contributed by atoms with E-state index in [-0.39, 0.29) is 17.6 Å². The van der Waals surface area contributed by atoms with Crippen LogP contribution in [0.25, 0.3) is 11.4 Å². The molecule has 1 atom stereocenters. The van der Waals surface area contributed by atoms with Gasteiger partial charge in [-0.25, -0.2) is 0 Å². The minimum atomic E-state index is -1.02. The standard InChI is InChI=1S/C26H31AsN6O4/c1-32-11-9-17(10-12-32)29-24(34)15-7-8-19(20(13-15)37-3)27-26-28-14-16-5-4-6-18-22(25(35)36)31-33(2)23(18)21(16)30-26/h7-8,13-14,17,27H,4-6,9-12H2,1-3H3,(H,29,34)(H,35,36). The number of aromatic nitrogens is 4. The Balaban J connectivity index is 1.39. The van der Waals surface area contributed by atoms with Gasteiger partial charge in [0.2, 0.25) is 0 Å². The molecule has 1 aliphatic carbocycles. The number of amides is 1. The zero-order chi connectivity index (χ0) is 26.1. The van der Waals surface area contributed by atoms with E-state index in [1.54, 1.807) is 24.9 Å². The number of carbonyl (C=O) groups excluding carboxylic acids is 1. The van der Waals surface area contributed by atoms with Gasteiger partial charge in [-0.3, -0.25) is 0 Å². The topological polar surface area (TPSA) is 122 Å². The number of carbonyl (C=O) groups is 2. The Morgan fingerprint density at radius 3 is 2.70 bits per heavy atom. The van der Waals surface area contributed by atoms with Gasteiger partial charge in [-0.05, 0) is 0 Å². The fourth-order valence-electron chi connectivity index (χ4n) is 5.06. The summed E-state index contributed by atoms with van der Waals surface area (Å²) in [7, 11) is 5.47. The van der Waals surface area contributed by atoms with E-state index in [0.29, 0.717) is 22.3 Å². The van der Waals surface area contributed by atoms with Gasteiger partial charge >= 0.3 is 222 Å². The molecule has 3 aromatic rings. The van der Waals surface area contributed by atoms with Gasteiger partial charge in [0.05, 0.1) is 0 Å². The second-order valence-corrected chi connectivity index (χ2v) is 12.2. The number of nitrogens with one attached hydrogen (secondary N) is 1. The molecular weight excluding hydrogens is 535 g/mol. The van der Waals surface area contributed by atoms with Crippen LogP contribution in [-0.4, -0.2) is 90.7 Å². The maximum atomic E-state index is 12.9. The Labute approximate surface area is 222 Å². The van der Waals surface area contributed by atoms with Gasteiger partial charge in [0.15, 0.2) is 0 Å². The molecule has 0 radical (unpaired) electrons. The number of hydrogen-bond acceptors (Lipinski definition) is 7. The average Bonchev–Trinajstić information content (AvgIpc) is 3.10. The number of methoxy groups -OCH3 is 1. The molecule has 1 amide bonds. The number of likely N-dealkylation sites (tertiary alicyclic amines) is 1. The summed E-state index contributed by atoms with van der Waals surface area (Å²) in [4.78, 5) is 36.5. The molecule has 10 nitrogen and oxygen atoms in total. The van der Waals surface area contributed by atoms with Crippen LogP contribution in [0.3, 0.4) is 0 Å². The van der Waals surface area contributed by atoms with Crippen LogP contribution >= 0.6 is 0 Å². The molecule has 5 rings (SSSR count). The summed E-state index contributed by atoms with van der Waals surface area (Å²) in [5.74, 6) is -0.449. The Morgan fingerprint density at radius 2 is 1.97 bits per heavy atom. The van der Waals surface area contributed by atoms with Crippen molar-refractivity contribution in [3.63, 3.8) is 0 Å². The Kier molecular flexibility index (Phi) is 7.31. The molecule has 11 heteroatoms. The van der Waals surface area contributed by atoms with Crippen LogP contribution in [0, 0.1) is 0 Å². The third-order valence-electron chi connectivity index (χ3n) is 7.07. The fraction of sp³-hybridized carbons (Fsp3) is 0.423. The van der Waals surface area contributed by atoms with Crippen molar-refractivity contribution in [2.45, 2.75) is 38.1 Å². The van der Waals surface area contributed by atoms with Crippen molar-refractivity contribution in [3.05, 3.63) is 46.8 Å². The summed E-state index contributed by atoms with van der Waals surface area (Å²) in [5, 5.41) is 17.0. The number of nitrogens with zero attached hydrogens (tertiary/aromatic N) is 5. The van der Waals surface area contributed by atoms with Crippen LogP contribution in [-0.2, 0) is 19.9 Å². The van der Waals surface area contributed by atoms with Crippen LogP contribution in [0.1, 0.15) is 51.2 Å². The van der Waals surface area contributed by atoms with Crippen molar-refractivity contribution < 1.29 is 19.4 Å². The first-order valence-corrected chi connectivity index (χ1v) is 14.5. The van der Waals surface area contributed by atoms with Crippen molar-refractivity contribution in [2.75, 3.05) is 27.2 Å². The first-order valence-electron chi connectivity index (χ1n) is 12.4. The number of aromatic carboxylic acids is 1. The van der Waals surface area contributed by atoms with E-state index in [0.717, 1.165) is 65.6 Å². The van der Waals surface area contributed by atoms with Crippen LogP contribution in [0.5, 0.6) is 5.75 Å². The molecule has 1 saturated heterocycles. The fourth-order valence-corrected chi connectivity index (χ4v) is 7.16. The number of benzene rings is 1. The molecule has 1 fully saturated rings. The normalized spacial score (nSPS) is 16.3. The zero-order valence-corrected chi connectivity index (χ0v) is 23.3. The number of hydrogen-bond donors (Lipinski definition) is 2. The van der Waals surface area contributed by atoms with Crippen LogP contribution in [0.4, 0.5) is 0 Å². The molecule has 1 unspecified atom stereocenters. The number of carboxylic acid groups (broad SMARTS) is 1. The van der Waals surface area contributed by atoms with E-state index in [2.05, 4.69) is 27.3 Å². The van der Waals surface area contributed by atoms with Gasteiger partial charge in [-0.1, -0.05) is 0 Å². The summed E-state index contributed by atoms with van der Waals surface area (Å²) < 4.78 is 8.99. The summed E-state index contributed by atoms with van der Waals surface area (Å²) >= 11 is -0.984. The van der Waals surface area contributed by atoms with E-state index >= 15 is 0 Å². The average molecular weight is 566 g/mol. The molecule has 2 aliphatic rings. The van der Waals surface area contributed by atoms with Crippen molar-refractivity contribution >= 4 is 36.6 Å². The maximum absolute atomic E-state index is 12.9. The number of carboxylic acids is 1. The third kappa shape index (κ3) is 5.26. The van der Waals surface area contributed by atoms with Crippen LogP contribution in [0.15, 0.2) is 24.4 Å². The van der Waals surface area contributed by atoms with Gasteiger partial charge < -0.3 is 0 Å². The summed E-state index contributed by atoms with van der Waals surface area (Å²) in [6.07, 6.45) is 6.01. The van der Waals surface area contributed by atoms with Gasteiger partial charge in [0, 0.05) is 0 Å². The predicted molar refractivity (Wildman–Crippen MR) is 141 cm³/mol. The van der Waals surface area contributed by atoms with Crippen LogP contribution < -0.4 is 19.0 Å². The van der Waals surface area contributed by atoms with Gasteiger partial charge in [-0.15, -0.1) is 0 Å². The molecule has 194 valence electrons. The molecule has 2 aromatic heterocycles. The predicted octanol–water partition coefficient (Wildman–Crippen LogP) is 0.284. The second-order valence-electron chi connectivity index (χ2n) is 9.62. The van der Waals surface area contributed by atoms with E-state index in [9.17, 15) is 14.7 Å². The van der Waals surface area contributed by atoms with Gasteiger partial charge in [-0.2, -0.15) is 0 Å². The number of piperidine rings is 1. The first kappa shape index (κ1) is 25.4. The number of ether oxygens (including phenoxy) is 1. The van der Waals surface area contributed by atoms with Gasteiger partial charge in [0.1, 0.15) is 0 Å². The zero-order valence-electron chi connectivity index (χ0n) is 21.2. The minimum absolute atomic E-state index is 0.0846. The number of aryl methyl sites for hydroxylation is 2. The third-order valence-corrected chi connectivity index (χ3v) is 9.48. The van der Waals surface area contributed by atoms with E-state index in [4.69, 9.17) is 9.72 Å². The molecule has 3 heterocycles. The molecular formula is C26H31AsN6O4. The monoisotopic (exact) mass is 566 g/mol.